The maximum absolute atomic E-state index is 12.4. The molecule has 0 unspecified atom stereocenters. The average molecular weight is 546 g/mol. The number of hydrogen-bond donors (Lipinski definition) is 0. The third-order valence-electron chi connectivity index (χ3n) is 7.62. The molecular formula is C36H27N5O. The smallest absolute Gasteiger partial charge is 0.295 e. The van der Waals surface area contributed by atoms with Crippen LogP contribution in [0.4, 0.5) is 0 Å². The predicted molar refractivity (Wildman–Crippen MR) is 169 cm³/mol. The SMILES string of the molecule is Cn1c(=O)n(C)c2cc(-c3cccc(-c4cccc(-c5nc(-c6ccccc6)nc(-c6ccccc6)n5)c4)c3)ccc21. The Morgan fingerprint density at radius 2 is 0.810 bits per heavy atom. The quantitative estimate of drug-likeness (QED) is 0.226. The summed E-state index contributed by atoms with van der Waals surface area (Å²) in [5.74, 6) is 1.89. The van der Waals surface area contributed by atoms with Crippen molar-refractivity contribution < 1.29 is 0 Å². The third-order valence-corrected chi connectivity index (χ3v) is 7.62. The highest BCUT2D eigenvalue weighted by Crippen LogP contribution is 2.31. The largest absolute Gasteiger partial charge is 0.328 e. The molecule has 0 saturated carbocycles. The molecule has 0 atom stereocenters. The van der Waals surface area contributed by atoms with Crippen LogP contribution < -0.4 is 5.69 Å². The Kier molecular flexibility index (Phi) is 6.28. The van der Waals surface area contributed by atoms with Gasteiger partial charge in [0.25, 0.3) is 0 Å². The number of aryl methyl sites for hydroxylation is 2. The van der Waals surface area contributed by atoms with Crippen LogP contribution in [0.2, 0.25) is 0 Å². The molecule has 0 N–H and O–H groups in total. The number of benzene rings is 5. The molecule has 0 amide bonds. The highest BCUT2D eigenvalue weighted by molar-refractivity contribution is 5.84. The lowest BCUT2D eigenvalue weighted by Gasteiger charge is -2.10. The summed E-state index contributed by atoms with van der Waals surface area (Å²) in [7, 11) is 3.61. The van der Waals surface area contributed by atoms with Crippen LogP contribution >= 0.6 is 0 Å². The van der Waals surface area contributed by atoms with E-state index in [-0.39, 0.29) is 5.69 Å². The molecule has 0 aliphatic heterocycles. The second-order valence-electron chi connectivity index (χ2n) is 10.3. The van der Waals surface area contributed by atoms with Gasteiger partial charge in [-0.25, -0.2) is 19.7 Å². The fraction of sp³-hybridized carbons (Fsp3) is 0.0556. The Morgan fingerprint density at radius 3 is 1.36 bits per heavy atom. The van der Waals surface area contributed by atoms with Gasteiger partial charge in [0.15, 0.2) is 17.5 Å². The summed E-state index contributed by atoms with van der Waals surface area (Å²) in [6.07, 6.45) is 0. The highest BCUT2D eigenvalue weighted by Gasteiger charge is 2.14. The summed E-state index contributed by atoms with van der Waals surface area (Å²) < 4.78 is 3.36. The zero-order chi connectivity index (χ0) is 28.6. The van der Waals surface area contributed by atoms with Crippen molar-refractivity contribution in [2.24, 2.45) is 14.1 Å². The second-order valence-corrected chi connectivity index (χ2v) is 10.3. The van der Waals surface area contributed by atoms with Crippen molar-refractivity contribution in [3.8, 4) is 56.4 Å². The number of hydrogen-bond acceptors (Lipinski definition) is 4. The minimum atomic E-state index is -0.0307. The van der Waals surface area contributed by atoms with E-state index in [4.69, 9.17) is 15.0 Å². The molecule has 0 radical (unpaired) electrons. The molecule has 2 aromatic heterocycles. The van der Waals surface area contributed by atoms with Crippen LogP contribution in [0.15, 0.2) is 132 Å². The maximum Gasteiger partial charge on any atom is 0.328 e. The molecular weight excluding hydrogens is 518 g/mol. The molecule has 2 heterocycles. The van der Waals surface area contributed by atoms with Gasteiger partial charge in [-0.2, -0.15) is 0 Å². The summed E-state index contributed by atoms with van der Waals surface area (Å²) in [6.45, 7) is 0. The molecule has 0 saturated heterocycles. The molecule has 0 aliphatic rings. The van der Waals surface area contributed by atoms with Crippen molar-refractivity contribution in [3.05, 3.63) is 138 Å². The summed E-state index contributed by atoms with van der Waals surface area (Å²) in [4.78, 5) is 27.0. The molecule has 0 fully saturated rings. The maximum atomic E-state index is 12.4. The standard InChI is InChI=1S/C36H27N5O/c1-40-31-20-19-29(23-32(31)41(2)36(40)42)27-16-9-15-26(21-27)28-17-10-18-30(22-28)35-38-33(24-11-5-3-6-12-24)37-34(39-35)25-13-7-4-8-14-25/h3-23H,1-2H3. The molecule has 6 heteroatoms. The van der Waals surface area contributed by atoms with Gasteiger partial charge in [0.1, 0.15) is 0 Å². The molecule has 42 heavy (non-hydrogen) atoms. The molecule has 0 spiro atoms. The van der Waals surface area contributed by atoms with Gasteiger partial charge in [0, 0.05) is 30.8 Å². The van der Waals surface area contributed by atoms with Crippen LogP contribution in [0.25, 0.3) is 67.5 Å². The van der Waals surface area contributed by atoms with Crippen LogP contribution in [-0.2, 0) is 14.1 Å². The van der Waals surface area contributed by atoms with Crippen LogP contribution in [0.5, 0.6) is 0 Å². The topological polar surface area (TPSA) is 65.6 Å². The summed E-state index contributed by atoms with van der Waals surface area (Å²) in [6, 6.07) is 42.9. The van der Waals surface area contributed by atoms with Crippen molar-refractivity contribution in [3.63, 3.8) is 0 Å². The first kappa shape index (κ1) is 25.4. The van der Waals surface area contributed by atoms with Crippen molar-refractivity contribution in [1.29, 1.82) is 0 Å². The fourth-order valence-corrected chi connectivity index (χ4v) is 5.34. The number of fused-ring (bicyclic) bond motifs is 1. The molecule has 0 bridgehead atoms. The first-order valence-corrected chi connectivity index (χ1v) is 13.8. The predicted octanol–water partition coefficient (Wildman–Crippen LogP) is 7.40. The number of aromatic nitrogens is 5. The van der Waals surface area contributed by atoms with E-state index >= 15 is 0 Å². The lowest BCUT2D eigenvalue weighted by atomic mass is 9.97. The summed E-state index contributed by atoms with van der Waals surface area (Å²) >= 11 is 0. The Bertz CT molecular complexity index is 2070. The van der Waals surface area contributed by atoms with E-state index in [1.54, 1.807) is 16.2 Å². The minimum absolute atomic E-state index is 0.0307. The number of rotatable bonds is 5. The number of imidazole rings is 1. The van der Waals surface area contributed by atoms with Gasteiger partial charge < -0.3 is 0 Å². The molecule has 6 nitrogen and oxygen atoms in total. The van der Waals surface area contributed by atoms with E-state index in [0.717, 1.165) is 50.0 Å². The van der Waals surface area contributed by atoms with Crippen LogP contribution in [0.3, 0.4) is 0 Å². The molecule has 7 aromatic rings. The third kappa shape index (κ3) is 4.59. The summed E-state index contributed by atoms with van der Waals surface area (Å²) in [5.41, 5.74) is 8.86. The second kappa shape index (κ2) is 10.4. The first-order valence-electron chi connectivity index (χ1n) is 13.8. The van der Waals surface area contributed by atoms with Crippen molar-refractivity contribution in [2.75, 3.05) is 0 Å². The van der Waals surface area contributed by atoms with Gasteiger partial charge in [-0.05, 0) is 46.5 Å². The van der Waals surface area contributed by atoms with Gasteiger partial charge in [0.05, 0.1) is 11.0 Å². The molecule has 0 aliphatic carbocycles. The Morgan fingerprint density at radius 1 is 0.405 bits per heavy atom. The molecule has 202 valence electrons. The lowest BCUT2D eigenvalue weighted by molar-refractivity contribution is 0.795. The van der Waals surface area contributed by atoms with Crippen molar-refractivity contribution in [1.82, 2.24) is 24.1 Å². The first-order chi connectivity index (χ1) is 20.5. The van der Waals surface area contributed by atoms with E-state index in [1.807, 2.05) is 85.9 Å². The minimum Gasteiger partial charge on any atom is -0.295 e. The van der Waals surface area contributed by atoms with Crippen LogP contribution in [-0.4, -0.2) is 24.1 Å². The van der Waals surface area contributed by atoms with Gasteiger partial charge in [0.2, 0.25) is 0 Å². The molecule has 7 rings (SSSR count). The van der Waals surface area contributed by atoms with E-state index in [9.17, 15) is 4.79 Å². The van der Waals surface area contributed by atoms with E-state index < -0.39 is 0 Å². The Hall–Kier alpha value is -5.62. The van der Waals surface area contributed by atoms with E-state index in [0.29, 0.717) is 17.5 Å². The highest BCUT2D eigenvalue weighted by atomic mass is 16.1. The Balaban J connectivity index is 1.30. The van der Waals surface area contributed by atoms with E-state index in [1.165, 1.54) is 0 Å². The van der Waals surface area contributed by atoms with Crippen LogP contribution in [0.1, 0.15) is 0 Å². The van der Waals surface area contributed by atoms with Crippen molar-refractivity contribution >= 4 is 11.0 Å². The molecule has 5 aromatic carbocycles. The Labute approximate surface area is 243 Å². The van der Waals surface area contributed by atoms with Gasteiger partial charge >= 0.3 is 5.69 Å². The van der Waals surface area contributed by atoms with Crippen molar-refractivity contribution in [2.45, 2.75) is 0 Å². The number of nitrogens with zero attached hydrogens (tertiary/aromatic N) is 5. The van der Waals surface area contributed by atoms with E-state index in [2.05, 4.69) is 48.5 Å². The van der Waals surface area contributed by atoms with Gasteiger partial charge in [-0.1, -0.05) is 103 Å². The zero-order valence-electron chi connectivity index (χ0n) is 23.3. The van der Waals surface area contributed by atoms with Gasteiger partial charge in [-0.3, -0.25) is 9.13 Å². The normalized spacial score (nSPS) is 11.2. The van der Waals surface area contributed by atoms with Crippen LogP contribution in [0, 0.1) is 0 Å². The zero-order valence-corrected chi connectivity index (χ0v) is 23.3. The van der Waals surface area contributed by atoms with Gasteiger partial charge in [-0.15, -0.1) is 0 Å². The monoisotopic (exact) mass is 545 g/mol. The fourth-order valence-electron chi connectivity index (χ4n) is 5.34. The lowest BCUT2D eigenvalue weighted by Crippen LogP contribution is -2.19. The average Bonchev–Trinajstić information content (AvgIpc) is 3.28. The summed E-state index contributed by atoms with van der Waals surface area (Å²) in [5, 5.41) is 0.